The van der Waals surface area contributed by atoms with Gasteiger partial charge in [0.15, 0.2) is 0 Å². The molecule has 0 saturated heterocycles. The zero-order valence-corrected chi connectivity index (χ0v) is 6.82. The van der Waals surface area contributed by atoms with E-state index in [9.17, 15) is 0 Å². The van der Waals surface area contributed by atoms with E-state index in [0.717, 1.165) is 6.92 Å². The van der Waals surface area contributed by atoms with Crippen LogP contribution in [0.2, 0.25) is 0 Å². The molecule has 0 unspecified atom stereocenters. The number of aliphatic carboxylic acids is 1. The van der Waals surface area contributed by atoms with Crippen LogP contribution in [-0.4, -0.2) is 5.97 Å². The van der Waals surface area contributed by atoms with Crippen molar-refractivity contribution in [1.82, 2.24) is 0 Å². The minimum atomic E-state index is -1.08. The second-order valence-corrected chi connectivity index (χ2v) is 0.492. The fraction of sp³-hybridized carbons (Fsp3) is 0.500. The predicted molar refractivity (Wildman–Crippen MR) is 11.4 cm³/mol. The van der Waals surface area contributed by atoms with Crippen LogP contribution in [0.25, 0.3) is 0 Å². The van der Waals surface area contributed by atoms with E-state index in [2.05, 4.69) is 0 Å². The van der Waals surface area contributed by atoms with E-state index in [4.69, 9.17) is 9.90 Å². The Morgan fingerprint density at radius 1 is 1.67 bits per heavy atom. The molecule has 0 aliphatic carbocycles. The summed E-state index contributed by atoms with van der Waals surface area (Å²) in [5, 5.41) is 8.89. The van der Waals surface area contributed by atoms with E-state index in [0.29, 0.717) is 0 Å². The van der Waals surface area contributed by atoms with Crippen LogP contribution in [0.1, 0.15) is 6.92 Å². The molecule has 0 amide bonds. The van der Waals surface area contributed by atoms with Crippen LogP contribution in [0.5, 0.6) is 0 Å². The second kappa shape index (κ2) is 9.00. The molecule has 36 valence electrons. The molecule has 4 heteroatoms. The summed E-state index contributed by atoms with van der Waals surface area (Å²) < 4.78 is 0. The number of carbonyl (C=O) groups is 1. The number of carboxylic acids is 1. The normalized spacial score (nSPS) is 4.17. The average molecular weight is 254 g/mol. The monoisotopic (exact) mass is 255 g/mol. The molecule has 0 rings (SSSR count). The van der Waals surface area contributed by atoms with E-state index < -0.39 is 5.97 Å². The van der Waals surface area contributed by atoms with E-state index in [1.54, 1.807) is 0 Å². The molecule has 0 aliphatic rings. The van der Waals surface area contributed by atoms with Crippen molar-refractivity contribution >= 4 is 5.97 Å². The van der Waals surface area contributed by atoms with Gasteiger partial charge in [0.2, 0.25) is 0 Å². The number of carboxylic acid groups (broad SMARTS) is 1. The van der Waals surface area contributed by atoms with Crippen LogP contribution in [0.3, 0.4) is 0 Å². The van der Waals surface area contributed by atoms with E-state index in [1.165, 1.54) is 0 Å². The zero-order valence-electron chi connectivity index (χ0n) is 3.22. The largest absolute Gasteiger partial charge is 2.00 e. The van der Waals surface area contributed by atoms with Crippen molar-refractivity contribution in [3.05, 3.63) is 0 Å². The third-order valence-electron chi connectivity index (χ3n) is 0. The first-order valence-electron chi connectivity index (χ1n) is 0.908. The molecule has 6 heavy (non-hydrogen) atoms. The van der Waals surface area contributed by atoms with E-state index >= 15 is 0 Å². The van der Waals surface area contributed by atoms with E-state index in [-0.39, 0.29) is 31.3 Å². The zero-order chi connectivity index (χ0) is 3.58. The average Bonchev–Trinajstić information content (AvgIpc) is 0.811. The minimum Gasteiger partial charge on any atom is -2.00 e. The fourth-order valence-corrected chi connectivity index (χ4v) is 0. The van der Waals surface area contributed by atoms with Crippen molar-refractivity contribution < 1.29 is 41.2 Å². The molecule has 0 heterocycles. The standard InChI is InChI=1S/C2H4O2.Hf.O/c1-2(3)4;;/h1H3,(H,3,4);;/q;;-2/p-1. The molecule has 0 bridgehead atoms. The maximum absolute atomic E-state index is 8.89. The van der Waals surface area contributed by atoms with Crippen molar-refractivity contribution in [3.8, 4) is 0 Å². The summed E-state index contributed by atoms with van der Waals surface area (Å²) in [7, 11) is 0. The van der Waals surface area contributed by atoms with Crippen LogP contribution < -0.4 is 5.11 Å². The molecule has 3 nitrogen and oxygen atoms in total. The van der Waals surface area contributed by atoms with Crippen molar-refractivity contribution in [2.24, 2.45) is 0 Å². The molecular formula is C2H3HfO3-3. The van der Waals surface area contributed by atoms with Gasteiger partial charge in [-0.15, -0.1) is 0 Å². The number of hydrogen-bond acceptors (Lipinski definition) is 2. The summed E-state index contributed by atoms with van der Waals surface area (Å²) in [5.74, 6) is -1.08. The van der Waals surface area contributed by atoms with Gasteiger partial charge in [0.1, 0.15) is 0 Å². The first-order valence-corrected chi connectivity index (χ1v) is 0.908. The molecule has 0 aromatic carbocycles. The third kappa shape index (κ3) is 520. The van der Waals surface area contributed by atoms with Crippen molar-refractivity contribution in [1.29, 1.82) is 0 Å². The summed E-state index contributed by atoms with van der Waals surface area (Å²) in [5.41, 5.74) is 0. The van der Waals surface area contributed by atoms with Crippen molar-refractivity contribution in [3.63, 3.8) is 0 Å². The number of carbonyl (C=O) groups excluding carboxylic acids is 1. The fourth-order valence-electron chi connectivity index (χ4n) is 0. The molecule has 0 fully saturated rings. The van der Waals surface area contributed by atoms with E-state index in [1.807, 2.05) is 0 Å². The van der Waals surface area contributed by atoms with Gasteiger partial charge < -0.3 is 15.4 Å². The molecule has 0 aromatic rings. The maximum atomic E-state index is 8.89. The Labute approximate surface area is 54.4 Å². The topological polar surface area (TPSA) is 68.6 Å². The second-order valence-electron chi connectivity index (χ2n) is 0.492. The Morgan fingerprint density at radius 3 is 1.67 bits per heavy atom. The summed E-state index contributed by atoms with van der Waals surface area (Å²) in [6.07, 6.45) is 0. The van der Waals surface area contributed by atoms with Gasteiger partial charge >= 0.3 is 0 Å². The summed E-state index contributed by atoms with van der Waals surface area (Å²) >= 11 is 0. The first kappa shape index (κ1) is 16.3. The van der Waals surface area contributed by atoms with Gasteiger partial charge in [0.05, 0.1) is 0 Å². The molecule has 0 aliphatic heterocycles. The quantitative estimate of drug-likeness (QED) is 0.500. The first-order chi connectivity index (χ1) is 1.73. The predicted octanol–water partition coefficient (Wildman–Crippen LogP) is -1.37. The summed E-state index contributed by atoms with van der Waals surface area (Å²) in [6.45, 7) is 0.972. The Kier molecular flexibility index (Phi) is 24.4. The summed E-state index contributed by atoms with van der Waals surface area (Å²) in [6, 6.07) is 0. The van der Waals surface area contributed by atoms with Gasteiger partial charge in [-0.2, -0.15) is 0 Å². The minimum absolute atomic E-state index is 0. The Hall–Kier alpha value is 0.300. The third-order valence-corrected chi connectivity index (χ3v) is 0. The Balaban J connectivity index is -0.0000000450. The van der Waals surface area contributed by atoms with Gasteiger partial charge in [0.25, 0.3) is 0 Å². The van der Waals surface area contributed by atoms with Gasteiger partial charge in [-0.25, -0.2) is 0 Å². The smallest absolute Gasteiger partial charge is 0.0383 e. The molecular weight excluding hydrogens is 251 g/mol. The van der Waals surface area contributed by atoms with Gasteiger partial charge in [-0.05, 0) is 6.92 Å². The molecule has 0 atom stereocenters. The van der Waals surface area contributed by atoms with Gasteiger partial charge in [-0.1, -0.05) is 0 Å². The molecule has 0 saturated carbocycles. The summed E-state index contributed by atoms with van der Waals surface area (Å²) in [4.78, 5) is 8.89. The molecule has 0 N–H and O–H groups in total. The van der Waals surface area contributed by atoms with Crippen LogP contribution in [0.4, 0.5) is 0 Å². The molecule has 0 spiro atoms. The van der Waals surface area contributed by atoms with Crippen molar-refractivity contribution in [2.45, 2.75) is 6.92 Å². The number of rotatable bonds is 0. The van der Waals surface area contributed by atoms with Crippen molar-refractivity contribution in [2.75, 3.05) is 0 Å². The van der Waals surface area contributed by atoms with Crippen LogP contribution >= 0.6 is 0 Å². The maximum Gasteiger partial charge on any atom is 0.0383 e. The number of hydrogen-bond donors (Lipinski definition) is 0. The van der Waals surface area contributed by atoms with Gasteiger partial charge in [-0.3, -0.25) is 0 Å². The van der Waals surface area contributed by atoms with Crippen LogP contribution in [-0.2, 0) is 36.1 Å². The Bertz CT molecular complexity index is 31.8. The SMILES string of the molecule is CC(=O)[O-].[Hf].[O-2]. The van der Waals surface area contributed by atoms with Crippen LogP contribution in [0, 0.1) is 0 Å². The molecule has 0 aromatic heterocycles. The van der Waals surface area contributed by atoms with Crippen LogP contribution in [0.15, 0.2) is 0 Å². The molecule has 0 radical (unpaired) electrons. The van der Waals surface area contributed by atoms with Gasteiger partial charge in [0, 0.05) is 31.8 Å². The Morgan fingerprint density at radius 2 is 1.67 bits per heavy atom.